The summed E-state index contributed by atoms with van der Waals surface area (Å²) in [5.41, 5.74) is 2.34. The van der Waals surface area contributed by atoms with E-state index in [1.807, 2.05) is 42.5 Å². The predicted molar refractivity (Wildman–Crippen MR) is 116 cm³/mol. The van der Waals surface area contributed by atoms with Crippen molar-refractivity contribution in [2.24, 2.45) is 0 Å². The maximum absolute atomic E-state index is 13.7. The summed E-state index contributed by atoms with van der Waals surface area (Å²) in [6, 6.07) is 22.0. The Morgan fingerprint density at radius 2 is 1.62 bits per heavy atom. The number of methoxy groups -OCH3 is 1. The third kappa shape index (κ3) is 4.73. The average Bonchev–Trinajstić information content (AvgIpc) is 2.83. The number of pyridine rings is 1. The van der Waals surface area contributed by atoms with Gasteiger partial charge in [0.2, 0.25) is 0 Å². The lowest BCUT2D eigenvalue weighted by atomic mass is 10.1. The van der Waals surface area contributed by atoms with Crippen molar-refractivity contribution in [3.8, 4) is 22.6 Å². The van der Waals surface area contributed by atoms with E-state index in [2.05, 4.69) is 9.72 Å². The minimum atomic E-state index is -0.679. The second-order valence-electron chi connectivity index (χ2n) is 6.81. The molecule has 4 aromatic rings. The van der Waals surface area contributed by atoms with Crippen LogP contribution in [0.3, 0.4) is 0 Å². The van der Waals surface area contributed by atoms with E-state index in [0.29, 0.717) is 16.7 Å². The van der Waals surface area contributed by atoms with Crippen LogP contribution in [-0.4, -0.2) is 30.6 Å². The van der Waals surface area contributed by atoms with Crippen LogP contribution in [0.4, 0.5) is 4.39 Å². The first-order valence-electron chi connectivity index (χ1n) is 9.71. The van der Waals surface area contributed by atoms with Crippen molar-refractivity contribution in [2.75, 3.05) is 13.7 Å². The van der Waals surface area contributed by atoms with Crippen LogP contribution in [0.2, 0.25) is 0 Å². The van der Waals surface area contributed by atoms with E-state index < -0.39 is 24.4 Å². The topological polar surface area (TPSA) is 74.7 Å². The lowest BCUT2D eigenvalue weighted by Gasteiger charge is -2.11. The van der Waals surface area contributed by atoms with Crippen LogP contribution in [0.15, 0.2) is 78.9 Å². The average molecular weight is 431 g/mol. The lowest BCUT2D eigenvalue weighted by Crippen LogP contribution is -2.18. The monoisotopic (exact) mass is 431 g/mol. The van der Waals surface area contributed by atoms with Crippen molar-refractivity contribution in [2.45, 2.75) is 0 Å². The van der Waals surface area contributed by atoms with Crippen LogP contribution in [0.1, 0.15) is 10.5 Å². The van der Waals surface area contributed by atoms with E-state index in [0.717, 1.165) is 11.1 Å². The van der Waals surface area contributed by atoms with Gasteiger partial charge >= 0.3 is 11.9 Å². The number of ether oxygens (including phenoxy) is 3. The van der Waals surface area contributed by atoms with Crippen molar-refractivity contribution in [1.29, 1.82) is 0 Å². The number of benzene rings is 3. The molecule has 6 nitrogen and oxygen atoms in total. The molecular weight excluding hydrogens is 413 g/mol. The Morgan fingerprint density at radius 3 is 2.34 bits per heavy atom. The number of hydrogen-bond acceptors (Lipinski definition) is 6. The van der Waals surface area contributed by atoms with E-state index in [9.17, 15) is 14.0 Å². The Labute approximate surface area is 183 Å². The SMILES string of the molecule is COC(=O)c1cc(OCC(=O)Oc2ccc(-c3ccccc3)cc2)c2cc(F)ccc2n1. The molecule has 0 saturated heterocycles. The molecule has 0 fully saturated rings. The first-order chi connectivity index (χ1) is 15.5. The molecule has 0 atom stereocenters. The minimum Gasteiger partial charge on any atom is -0.481 e. The highest BCUT2D eigenvalue weighted by atomic mass is 19.1. The van der Waals surface area contributed by atoms with Gasteiger partial charge in [-0.05, 0) is 41.5 Å². The predicted octanol–water partition coefficient (Wildman–Crippen LogP) is 4.81. The highest BCUT2D eigenvalue weighted by Gasteiger charge is 2.16. The van der Waals surface area contributed by atoms with Gasteiger partial charge in [-0.2, -0.15) is 0 Å². The summed E-state index contributed by atoms with van der Waals surface area (Å²) in [6.07, 6.45) is 0. The molecule has 4 rings (SSSR count). The fraction of sp³-hybridized carbons (Fsp3) is 0.0800. The van der Waals surface area contributed by atoms with Crippen LogP contribution in [0.25, 0.3) is 22.0 Å². The molecule has 0 aliphatic rings. The third-order valence-corrected chi connectivity index (χ3v) is 4.67. The van der Waals surface area contributed by atoms with Crippen LogP contribution < -0.4 is 9.47 Å². The Morgan fingerprint density at radius 1 is 0.906 bits per heavy atom. The van der Waals surface area contributed by atoms with Gasteiger partial charge in [0, 0.05) is 11.5 Å². The molecule has 0 saturated carbocycles. The Kier molecular flexibility index (Phi) is 6.07. The maximum Gasteiger partial charge on any atom is 0.356 e. The molecule has 1 heterocycles. The van der Waals surface area contributed by atoms with Gasteiger partial charge in [0.25, 0.3) is 0 Å². The van der Waals surface area contributed by atoms with E-state index >= 15 is 0 Å². The molecule has 0 spiro atoms. The molecule has 0 aliphatic heterocycles. The zero-order valence-electron chi connectivity index (χ0n) is 17.1. The van der Waals surface area contributed by atoms with E-state index in [-0.39, 0.29) is 11.4 Å². The van der Waals surface area contributed by atoms with E-state index in [1.54, 1.807) is 12.1 Å². The van der Waals surface area contributed by atoms with E-state index in [1.165, 1.54) is 31.4 Å². The first-order valence-corrected chi connectivity index (χ1v) is 9.71. The zero-order valence-corrected chi connectivity index (χ0v) is 17.1. The second-order valence-corrected chi connectivity index (χ2v) is 6.81. The highest BCUT2D eigenvalue weighted by Crippen LogP contribution is 2.27. The minimum absolute atomic E-state index is 0.0218. The summed E-state index contributed by atoms with van der Waals surface area (Å²) in [5, 5.41) is 0.317. The van der Waals surface area contributed by atoms with Crippen LogP contribution in [0.5, 0.6) is 11.5 Å². The van der Waals surface area contributed by atoms with Gasteiger partial charge in [-0.15, -0.1) is 0 Å². The smallest absolute Gasteiger partial charge is 0.356 e. The van der Waals surface area contributed by atoms with Crippen molar-refractivity contribution < 1.29 is 28.2 Å². The number of esters is 2. The van der Waals surface area contributed by atoms with Gasteiger partial charge in [-0.3, -0.25) is 0 Å². The van der Waals surface area contributed by atoms with Crippen molar-refractivity contribution in [3.63, 3.8) is 0 Å². The fourth-order valence-electron chi connectivity index (χ4n) is 3.14. The van der Waals surface area contributed by atoms with Gasteiger partial charge in [0.1, 0.15) is 17.3 Å². The standard InChI is InChI=1S/C25H18FNO5/c1-30-25(29)22-14-23(20-13-18(26)9-12-21(20)27-22)31-15-24(28)32-19-10-7-17(8-11-19)16-5-3-2-4-6-16/h2-14H,15H2,1H3. The van der Waals surface area contributed by atoms with Crippen molar-refractivity contribution in [3.05, 3.63) is 90.4 Å². The number of carbonyl (C=O) groups is 2. The Bertz CT molecular complexity index is 1270. The molecule has 0 aliphatic carbocycles. The lowest BCUT2D eigenvalue weighted by molar-refractivity contribution is -0.136. The molecule has 0 unspecified atom stereocenters. The molecule has 7 heteroatoms. The molecule has 160 valence electrons. The first kappa shape index (κ1) is 21.0. The summed E-state index contributed by atoms with van der Waals surface area (Å²) in [6.45, 7) is -0.448. The largest absolute Gasteiger partial charge is 0.481 e. The number of aromatic nitrogens is 1. The van der Waals surface area contributed by atoms with E-state index in [4.69, 9.17) is 9.47 Å². The van der Waals surface area contributed by atoms with Crippen LogP contribution in [0, 0.1) is 5.82 Å². The number of rotatable bonds is 6. The van der Waals surface area contributed by atoms with Crippen molar-refractivity contribution >= 4 is 22.8 Å². The Hall–Kier alpha value is -4.26. The van der Waals surface area contributed by atoms with Crippen LogP contribution >= 0.6 is 0 Å². The summed E-state index contributed by atoms with van der Waals surface area (Å²) in [5.74, 6) is -1.36. The summed E-state index contributed by atoms with van der Waals surface area (Å²) < 4.78 is 29.3. The molecule has 0 amide bonds. The van der Waals surface area contributed by atoms with Gasteiger partial charge in [-0.25, -0.2) is 19.0 Å². The number of fused-ring (bicyclic) bond motifs is 1. The summed E-state index contributed by atoms with van der Waals surface area (Å²) in [4.78, 5) is 28.3. The van der Waals surface area contributed by atoms with Gasteiger partial charge in [0.15, 0.2) is 12.3 Å². The molecule has 32 heavy (non-hydrogen) atoms. The maximum atomic E-state index is 13.7. The molecule has 3 aromatic carbocycles. The molecule has 0 bridgehead atoms. The summed E-state index contributed by atoms with van der Waals surface area (Å²) in [7, 11) is 1.22. The second kappa shape index (κ2) is 9.26. The molecule has 1 aromatic heterocycles. The van der Waals surface area contributed by atoms with Gasteiger partial charge in [0.05, 0.1) is 12.6 Å². The molecular formula is C25H18FNO5. The molecule has 0 radical (unpaired) electrons. The highest BCUT2D eigenvalue weighted by molar-refractivity contribution is 5.94. The van der Waals surface area contributed by atoms with Crippen molar-refractivity contribution in [1.82, 2.24) is 4.98 Å². The zero-order chi connectivity index (χ0) is 22.5. The number of carbonyl (C=O) groups excluding carboxylic acids is 2. The van der Waals surface area contributed by atoms with Crippen LogP contribution in [-0.2, 0) is 9.53 Å². The number of halogens is 1. The normalized spacial score (nSPS) is 10.6. The Balaban J connectivity index is 1.48. The fourth-order valence-corrected chi connectivity index (χ4v) is 3.14. The quantitative estimate of drug-likeness (QED) is 0.322. The van der Waals surface area contributed by atoms with Gasteiger partial charge in [-0.1, -0.05) is 42.5 Å². The molecule has 0 N–H and O–H groups in total. The third-order valence-electron chi connectivity index (χ3n) is 4.67. The van der Waals surface area contributed by atoms with Gasteiger partial charge < -0.3 is 14.2 Å². The summed E-state index contributed by atoms with van der Waals surface area (Å²) >= 11 is 0. The number of hydrogen-bond donors (Lipinski definition) is 0. The number of nitrogens with zero attached hydrogens (tertiary/aromatic N) is 1.